The molecule has 23 heavy (non-hydrogen) atoms. The number of hydrogen-bond acceptors (Lipinski definition) is 4. The molecule has 1 aromatic heterocycles. The van der Waals surface area contributed by atoms with Crippen LogP contribution in [0.5, 0.6) is 0 Å². The van der Waals surface area contributed by atoms with Gasteiger partial charge < -0.3 is 15.5 Å². The summed E-state index contributed by atoms with van der Waals surface area (Å²) in [5.74, 6) is -0.0506. The standard InChI is InChI=1S/C15H23N5O2.ClH/c1-19-5-3-4-13(15(19)22)18-14(21)12-8-16-7-11(12)10-6-17-20(2)9-10;/h6,9,11-13,16H,3-5,7-8H2,1-2H3,(H,18,21);1H/t11-,12+,13?;/m1./s1. The van der Waals surface area contributed by atoms with Crippen molar-refractivity contribution >= 4 is 24.2 Å². The average molecular weight is 342 g/mol. The van der Waals surface area contributed by atoms with E-state index in [1.807, 2.05) is 19.4 Å². The van der Waals surface area contributed by atoms with Crippen LogP contribution in [0.3, 0.4) is 0 Å². The molecule has 1 aromatic rings. The van der Waals surface area contributed by atoms with Crippen LogP contribution >= 0.6 is 12.4 Å². The molecule has 2 saturated heterocycles. The van der Waals surface area contributed by atoms with Crippen molar-refractivity contribution in [2.75, 3.05) is 26.7 Å². The highest BCUT2D eigenvalue weighted by Crippen LogP contribution is 2.28. The number of likely N-dealkylation sites (N-methyl/N-ethyl adjacent to an activating group) is 1. The van der Waals surface area contributed by atoms with Gasteiger partial charge in [-0.15, -0.1) is 12.4 Å². The summed E-state index contributed by atoms with van der Waals surface area (Å²) in [4.78, 5) is 26.4. The Morgan fingerprint density at radius 2 is 2.17 bits per heavy atom. The molecule has 128 valence electrons. The maximum Gasteiger partial charge on any atom is 0.244 e. The molecule has 0 radical (unpaired) electrons. The van der Waals surface area contributed by atoms with Crippen LogP contribution in [0.1, 0.15) is 24.3 Å². The molecule has 2 fully saturated rings. The SMILES string of the molecule is CN1CCCC(NC(=O)[C@H]2CNC[C@@H]2c2cnn(C)c2)C1=O.Cl. The molecule has 0 bridgehead atoms. The number of halogens is 1. The van der Waals surface area contributed by atoms with Crippen molar-refractivity contribution < 1.29 is 9.59 Å². The van der Waals surface area contributed by atoms with E-state index in [-0.39, 0.29) is 42.1 Å². The summed E-state index contributed by atoms with van der Waals surface area (Å²) in [6.45, 7) is 2.18. The van der Waals surface area contributed by atoms with Crippen LogP contribution in [0.15, 0.2) is 12.4 Å². The predicted octanol–water partition coefficient (Wildman–Crippen LogP) is -0.118. The van der Waals surface area contributed by atoms with Gasteiger partial charge in [0.25, 0.3) is 0 Å². The molecule has 3 heterocycles. The molecule has 7 nitrogen and oxygen atoms in total. The van der Waals surface area contributed by atoms with Gasteiger partial charge in [-0.2, -0.15) is 5.10 Å². The third-order valence-corrected chi connectivity index (χ3v) is 4.68. The monoisotopic (exact) mass is 341 g/mol. The second-order valence-electron chi connectivity index (χ2n) is 6.28. The van der Waals surface area contributed by atoms with Gasteiger partial charge in [0.2, 0.25) is 11.8 Å². The smallest absolute Gasteiger partial charge is 0.244 e. The molecule has 0 spiro atoms. The van der Waals surface area contributed by atoms with E-state index in [0.717, 1.165) is 31.5 Å². The van der Waals surface area contributed by atoms with Gasteiger partial charge >= 0.3 is 0 Å². The van der Waals surface area contributed by atoms with Crippen molar-refractivity contribution in [1.82, 2.24) is 25.3 Å². The van der Waals surface area contributed by atoms with Gasteiger partial charge in [-0.3, -0.25) is 14.3 Å². The van der Waals surface area contributed by atoms with E-state index in [4.69, 9.17) is 0 Å². The molecule has 1 unspecified atom stereocenters. The zero-order valence-corrected chi connectivity index (χ0v) is 14.3. The minimum absolute atomic E-state index is 0. The lowest BCUT2D eigenvalue weighted by molar-refractivity contribution is -0.138. The number of nitrogens with one attached hydrogen (secondary N) is 2. The molecule has 2 aliphatic heterocycles. The lowest BCUT2D eigenvalue weighted by atomic mass is 9.89. The summed E-state index contributed by atoms with van der Waals surface area (Å²) in [7, 11) is 3.66. The van der Waals surface area contributed by atoms with Gasteiger partial charge in [0.05, 0.1) is 12.1 Å². The normalized spacial score (nSPS) is 27.7. The van der Waals surface area contributed by atoms with Crippen molar-refractivity contribution in [3.63, 3.8) is 0 Å². The van der Waals surface area contributed by atoms with Gasteiger partial charge in [-0.25, -0.2) is 0 Å². The number of aromatic nitrogens is 2. The Hall–Kier alpha value is -1.60. The van der Waals surface area contributed by atoms with Crippen LogP contribution in [0.4, 0.5) is 0 Å². The van der Waals surface area contributed by atoms with E-state index in [1.54, 1.807) is 16.6 Å². The van der Waals surface area contributed by atoms with E-state index in [1.165, 1.54) is 0 Å². The maximum atomic E-state index is 12.6. The van der Waals surface area contributed by atoms with Crippen LogP contribution in [0.25, 0.3) is 0 Å². The Balaban J connectivity index is 0.00000192. The van der Waals surface area contributed by atoms with E-state index in [9.17, 15) is 9.59 Å². The number of aryl methyl sites for hydroxylation is 1. The van der Waals surface area contributed by atoms with Crippen LogP contribution in [0, 0.1) is 5.92 Å². The largest absolute Gasteiger partial charge is 0.344 e. The number of likely N-dealkylation sites (tertiary alicyclic amines) is 1. The number of rotatable bonds is 3. The fraction of sp³-hybridized carbons (Fsp3) is 0.667. The highest BCUT2D eigenvalue weighted by molar-refractivity contribution is 5.89. The number of carbonyl (C=O) groups is 2. The molecule has 3 atom stereocenters. The van der Waals surface area contributed by atoms with Gasteiger partial charge in [0, 0.05) is 45.8 Å². The molecular weight excluding hydrogens is 318 g/mol. The van der Waals surface area contributed by atoms with Gasteiger partial charge in [0.15, 0.2) is 0 Å². The molecular formula is C15H24ClN5O2. The quantitative estimate of drug-likeness (QED) is 0.803. The second-order valence-corrected chi connectivity index (χ2v) is 6.28. The third kappa shape index (κ3) is 3.67. The van der Waals surface area contributed by atoms with Gasteiger partial charge in [0.1, 0.15) is 6.04 Å². The fourth-order valence-corrected chi connectivity index (χ4v) is 3.38. The minimum atomic E-state index is -0.374. The Morgan fingerprint density at radius 1 is 1.39 bits per heavy atom. The van der Waals surface area contributed by atoms with Gasteiger partial charge in [-0.05, 0) is 18.4 Å². The first-order valence-corrected chi connectivity index (χ1v) is 7.81. The minimum Gasteiger partial charge on any atom is -0.344 e. The topological polar surface area (TPSA) is 79.3 Å². The van der Waals surface area contributed by atoms with Crippen LogP contribution in [0.2, 0.25) is 0 Å². The van der Waals surface area contributed by atoms with Crippen molar-refractivity contribution in [3.05, 3.63) is 18.0 Å². The second kappa shape index (κ2) is 7.31. The zero-order valence-electron chi connectivity index (χ0n) is 13.5. The predicted molar refractivity (Wildman–Crippen MR) is 88.4 cm³/mol. The molecule has 0 aliphatic carbocycles. The fourth-order valence-electron chi connectivity index (χ4n) is 3.38. The molecule has 2 aliphatic rings. The van der Waals surface area contributed by atoms with Gasteiger partial charge in [-0.1, -0.05) is 0 Å². The summed E-state index contributed by atoms with van der Waals surface area (Å²) in [5.41, 5.74) is 1.07. The first-order valence-electron chi connectivity index (χ1n) is 7.81. The summed E-state index contributed by atoms with van der Waals surface area (Å²) >= 11 is 0. The van der Waals surface area contributed by atoms with Crippen molar-refractivity contribution in [1.29, 1.82) is 0 Å². The molecule has 0 aromatic carbocycles. The Bertz CT molecular complexity index is 576. The summed E-state index contributed by atoms with van der Waals surface area (Å²) in [5, 5.41) is 10.4. The zero-order chi connectivity index (χ0) is 15.7. The van der Waals surface area contributed by atoms with Crippen molar-refractivity contribution in [2.24, 2.45) is 13.0 Å². The van der Waals surface area contributed by atoms with Crippen LogP contribution in [-0.2, 0) is 16.6 Å². The van der Waals surface area contributed by atoms with E-state index in [2.05, 4.69) is 15.7 Å². The average Bonchev–Trinajstić information content (AvgIpc) is 3.12. The highest BCUT2D eigenvalue weighted by atomic mass is 35.5. The van der Waals surface area contributed by atoms with E-state index >= 15 is 0 Å². The maximum absolute atomic E-state index is 12.6. The number of hydrogen-bond donors (Lipinski definition) is 2. The summed E-state index contributed by atoms with van der Waals surface area (Å²) in [6, 6.07) is -0.374. The van der Waals surface area contributed by atoms with Crippen molar-refractivity contribution in [3.8, 4) is 0 Å². The number of amides is 2. The highest BCUT2D eigenvalue weighted by Gasteiger charge is 2.37. The molecule has 2 amide bonds. The Morgan fingerprint density at radius 3 is 2.87 bits per heavy atom. The Kier molecular flexibility index (Phi) is 5.64. The molecule has 2 N–H and O–H groups in total. The molecule has 8 heteroatoms. The first kappa shape index (κ1) is 17.7. The van der Waals surface area contributed by atoms with Crippen LogP contribution < -0.4 is 10.6 Å². The molecule has 3 rings (SSSR count). The van der Waals surface area contributed by atoms with E-state index in [0.29, 0.717) is 6.54 Å². The number of carbonyl (C=O) groups excluding carboxylic acids is 2. The van der Waals surface area contributed by atoms with Crippen LogP contribution in [-0.4, -0.2) is 59.2 Å². The number of nitrogens with zero attached hydrogens (tertiary/aromatic N) is 3. The lowest BCUT2D eigenvalue weighted by Gasteiger charge is -2.30. The Labute approximate surface area is 142 Å². The number of piperidine rings is 1. The third-order valence-electron chi connectivity index (χ3n) is 4.68. The lowest BCUT2D eigenvalue weighted by Crippen LogP contribution is -2.52. The summed E-state index contributed by atoms with van der Waals surface area (Å²) < 4.78 is 1.75. The molecule has 0 saturated carbocycles. The summed E-state index contributed by atoms with van der Waals surface area (Å²) in [6.07, 6.45) is 5.43. The van der Waals surface area contributed by atoms with Crippen molar-refractivity contribution in [2.45, 2.75) is 24.8 Å². The first-order chi connectivity index (χ1) is 10.6. The van der Waals surface area contributed by atoms with E-state index < -0.39 is 0 Å².